The third-order valence-corrected chi connectivity index (χ3v) is 3.38. The van der Waals surface area contributed by atoms with Crippen LogP contribution in [0.15, 0.2) is 12.1 Å². The normalized spacial score (nSPS) is 11.1. The van der Waals surface area contributed by atoms with Crippen LogP contribution in [0.2, 0.25) is 10.0 Å². The molecule has 0 N–H and O–H groups in total. The molecule has 1 aromatic carbocycles. The van der Waals surface area contributed by atoms with E-state index in [4.69, 9.17) is 23.2 Å². The molecule has 0 radical (unpaired) electrons. The summed E-state index contributed by atoms with van der Waals surface area (Å²) in [5.74, 6) is -0.396. The van der Waals surface area contributed by atoms with Crippen LogP contribution in [0.3, 0.4) is 0 Å². The van der Waals surface area contributed by atoms with Gasteiger partial charge in [-0.1, -0.05) is 30.1 Å². The van der Waals surface area contributed by atoms with E-state index in [9.17, 15) is 4.39 Å². The zero-order chi connectivity index (χ0) is 11.9. The first-order valence-electron chi connectivity index (χ1n) is 4.98. The molecule has 0 aliphatic carbocycles. The van der Waals surface area contributed by atoms with Crippen molar-refractivity contribution >= 4 is 34.1 Å². The van der Waals surface area contributed by atoms with Crippen LogP contribution in [-0.2, 0) is 6.42 Å². The van der Waals surface area contributed by atoms with Gasteiger partial charge in [0.2, 0.25) is 0 Å². The average molecular weight is 258 g/mol. The Morgan fingerprint density at radius 3 is 2.62 bits per heavy atom. The molecule has 0 bridgehead atoms. The third kappa shape index (κ3) is 1.76. The zero-order valence-corrected chi connectivity index (χ0v) is 10.5. The Bertz CT molecular complexity index is 567. The molecule has 1 nitrogen and oxygen atoms in total. The summed E-state index contributed by atoms with van der Waals surface area (Å²) in [7, 11) is 0. The molecule has 4 heteroatoms. The number of halogens is 3. The van der Waals surface area contributed by atoms with Crippen molar-refractivity contribution < 1.29 is 4.39 Å². The number of aromatic nitrogens is 1. The highest BCUT2D eigenvalue weighted by molar-refractivity contribution is 6.42. The van der Waals surface area contributed by atoms with E-state index in [1.807, 2.05) is 13.8 Å². The second-order valence-corrected chi connectivity index (χ2v) is 4.42. The number of benzene rings is 1. The first-order chi connectivity index (χ1) is 7.54. The van der Waals surface area contributed by atoms with Crippen LogP contribution >= 0.6 is 23.2 Å². The number of pyridine rings is 1. The van der Waals surface area contributed by atoms with Crippen LogP contribution in [0, 0.1) is 12.7 Å². The lowest BCUT2D eigenvalue weighted by Crippen LogP contribution is -1.96. The van der Waals surface area contributed by atoms with Crippen LogP contribution in [0.1, 0.15) is 18.2 Å². The van der Waals surface area contributed by atoms with Crippen molar-refractivity contribution in [2.75, 3.05) is 0 Å². The summed E-state index contributed by atoms with van der Waals surface area (Å²) in [5.41, 5.74) is 2.29. The topological polar surface area (TPSA) is 12.9 Å². The highest BCUT2D eigenvalue weighted by Gasteiger charge is 2.12. The largest absolute Gasteiger partial charge is 0.252 e. The van der Waals surface area contributed by atoms with Crippen LogP contribution < -0.4 is 0 Å². The molecule has 1 heterocycles. The van der Waals surface area contributed by atoms with Gasteiger partial charge >= 0.3 is 0 Å². The number of rotatable bonds is 1. The fraction of sp³-hybridized carbons (Fsp3) is 0.250. The van der Waals surface area contributed by atoms with Gasteiger partial charge in [0.1, 0.15) is 5.82 Å². The van der Waals surface area contributed by atoms with Crippen molar-refractivity contribution in [3.05, 3.63) is 39.3 Å². The third-order valence-electron chi connectivity index (χ3n) is 2.61. The maximum atomic E-state index is 13.2. The Morgan fingerprint density at radius 1 is 1.31 bits per heavy atom. The fourth-order valence-corrected chi connectivity index (χ4v) is 2.40. The van der Waals surface area contributed by atoms with Gasteiger partial charge in [-0.2, -0.15) is 0 Å². The summed E-state index contributed by atoms with van der Waals surface area (Å²) in [6, 6.07) is 2.61. The Kier molecular flexibility index (Phi) is 3.04. The minimum absolute atomic E-state index is 0.304. The van der Waals surface area contributed by atoms with Crippen LogP contribution in [0.25, 0.3) is 10.9 Å². The van der Waals surface area contributed by atoms with E-state index in [-0.39, 0.29) is 0 Å². The van der Waals surface area contributed by atoms with Crippen LogP contribution in [0.5, 0.6) is 0 Å². The van der Waals surface area contributed by atoms with Crippen molar-refractivity contribution in [3.8, 4) is 0 Å². The van der Waals surface area contributed by atoms with Gasteiger partial charge in [-0.3, -0.25) is 4.98 Å². The highest BCUT2D eigenvalue weighted by atomic mass is 35.5. The zero-order valence-electron chi connectivity index (χ0n) is 8.94. The molecule has 1 aromatic heterocycles. The molecule has 0 saturated carbocycles. The van der Waals surface area contributed by atoms with Gasteiger partial charge in [0.15, 0.2) is 0 Å². The van der Waals surface area contributed by atoms with Crippen molar-refractivity contribution in [2.24, 2.45) is 0 Å². The first-order valence-corrected chi connectivity index (χ1v) is 5.74. The van der Waals surface area contributed by atoms with Crippen LogP contribution in [0.4, 0.5) is 4.39 Å². The lowest BCUT2D eigenvalue weighted by atomic mass is 10.1. The first kappa shape index (κ1) is 11.6. The standard InChI is InChI=1S/C12H10Cl2FN/c1-3-9-6(2)12(14)11-8(13)4-7(15)5-10(11)16-9/h4-5H,3H2,1-2H3. The highest BCUT2D eigenvalue weighted by Crippen LogP contribution is 2.33. The monoisotopic (exact) mass is 257 g/mol. The maximum absolute atomic E-state index is 13.2. The minimum atomic E-state index is -0.396. The molecule has 0 aliphatic rings. The van der Waals surface area contributed by atoms with E-state index >= 15 is 0 Å². The summed E-state index contributed by atoms with van der Waals surface area (Å²) in [5, 5.41) is 1.49. The lowest BCUT2D eigenvalue weighted by Gasteiger charge is -2.10. The number of nitrogens with zero attached hydrogens (tertiary/aromatic N) is 1. The number of aryl methyl sites for hydroxylation is 1. The smallest absolute Gasteiger partial charge is 0.126 e. The van der Waals surface area contributed by atoms with Crippen molar-refractivity contribution in [1.82, 2.24) is 4.98 Å². The summed E-state index contributed by atoms with van der Waals surface area (Å²) in [4.78, 5) is 4.37. The Balaban J connectivity index is 2.92. The summed E-state index contributed by atoms with van der Waals surface area (Å²) in [6.07, 6.45) is 0.760. The van der Waals surface area contributed by atoms with E-state index in [0.717, 1.165) is 17.7 Å². The van der Waals surface area contributed by atoms with Crippen molar-refractivity contribution in [3.63, 3.8) is 0 Å². The summed E-state index contributed by atoms with van der Waals surface area (Å²) >= 11 is 12.2. The fourth-order valence-electron chi connectivity index (χ4n) is 1.75. The van der Waals surface area contributed by atoms with E-state index in [1.54, 1.807) is 0 Å². The molecule has 0 saturated heterocycles. The van der Waals surface area contributed by atoms with Gasteiger partial charge in [-0.15, -0.1) is 0 Å². The molecule has 0 unspecified atom stereocenters. The predicted octanol–water partition coefficient (Wildman–Crippen LogP) is 4.55. The summed E-state index contributed by atoms with van der Waals surface area (Å²) < 4.78 is 13.2. The van der Waals surface area contributed by atoms with Gasteiger partial charge in [0.05, 0.1) is 15.6 Å². The second-order valence-electron chi connectivity index (χ2n) is 3.63. The molecular weight excluding hydrogens is 248 g/mol. The van der Waals surface area contributed by atoms with Gasteiger partial charge in [-0.05, 0) is 25.0 Å². The minimum Gasteiger partial charge on any atom is -0.252 e. The molecule has 16 heavy (non-hydrogen) atoms. The molecular formula is C12H10Cl2FN. The van der Waals surface area contributed by atoms with Gasteiger partial charge in [-0.25, -0.2) is 4.39 Å². The van der Waals surface area contributed by atoms with Crippen LogP contribution in [-0.4, -0.2) is 4.98 Å². The molecule has 2 rings (SSSR count). The molecule has 2 aromatic rings. The molecule has 0 spiro atoms. The Morgan fingerprint density at radius 2 is 2.00 bits per heavy atom. The van der Waals surface area contributed by atoms with E-state index in [0.29, 0.717) is 20.9 Å². The van der Waals surface area contributed by atoms with Crippen molar-refractivity contribution in [1.29, 1.82) is 0 Å². The molecule has 0 atom stereocenters. The second kappa shape index (κ2) is 4.19. The van der Waals surface area contributed by atoms with Crippen molar-refractivity contribution in [2.45, 2.75) is 20.3 Å². The van der Waals surface area contributed by atoms with E-state index in [2.05, 4.69) is 4.98 Å². The molecule has 0 amide bonds. The maximum Gasteiger partial charge on any atom is 0.126 e. The Labute approximate surface area is 103 Å². The summed E-state index contributed by atoms with van der Waals surface area (Å²) in [6.45, 7) is 3.88. The average Bonchev–Trinajstić information content (AvgIpc) is 2.22. The number of hydrogen-bond donors (Lipinski definition) is 0. The molecule has 0 aliphatic heterocycles. The number of hydrogen-bond acceptors (Lipinski definition) is 1. The predicted molar refractivity (Wildman–Crippen MR) is 65.8 cm³/mol. The van der Waals surface area contributed by atoms with Gasteiger partial charge < -0.3 is 0 Å². The van der Waals surface area contributed by atoms with E-state index < -0.39 is 5.82 Å². The van der Waals surface area contributed by atoms with Gasteiger partial charge in [0.25, 0.3) is 0 Å². The van der Waals surface area contributed by atoms with Gasteiger partial charge in [0, 0.05) is 17.1 Å². The molecule has 84 valence electrons. The van der Waals surface area contributed by atoms with E-state index in [1.165, 1.54) is 12.1 Å². The SMILES string of the molecule is CCc1nc2cc(F)cc(Cl)c2c(Cl)c1C. The quantitative estimate of drug-likeness (QED) is 0.731. The Hall–Kier alpha value is -0.860. The number of fused-ring (bicyclic) bond motifs is 1. The molecule has 0 fully saturated rings. The lowest BCUT2D eigenvalue weighted by molar-refractivity contribution is 0.629.